The Labute approximate surface area is 90.9 Å². The van der Waals surface area contributed by atoms with Crippen LogP contribution in [0, 0.1) is 5.92 Å². The summed E-state index contributed by atoms with van der Waals surface area (Å²) in [6, 6.07) is 9.44. The van der Waals surface area contributed by atoms with Crippen LogP contribution >= 0.6 is 0 Å². The molecule has 0 aliphatic heterocycles. The first kappa shape index (κ1) is 11.6. The summed E-state index contributed by atoms with van der Waals surface area (Å²) in [5, 5.41) is 5.66. The van der Waals surface area contributed by atoms with Gasteiger partial charge in [-0.15, -0.1) is 0 Å². The van der Waals surface area contributed by atoms with E-state index in [-0.39, 0.29) is 12.1 Å². The van der Waals surface area contributed by atoms with Crippen LogP contribution in [0.4, 0.5) is 10.5 Å². The third kappa shape index (κ3) is 4.02. The van der Waals surface area contributed by atoms with E-state index in [0.717, 1.165) is 5.69 Å². The van der Waals surface area contributed by atoms with Crippen molar-refractivity contribution in [3.63, 3.8) is 0 Å². The molecule has 0 radical (unpaired) electrons. The van der Waals surface area contributed by atoms with Crippen LogP contribution in [0.3, 0.4) is 0 Å². The van der Waals surface area contributed by atoms with E-state index in [2.05, 4.69) is 24.5 Å². The van der Waals surface area contributed by atoms with Crippen LogP contribution in [0.15, 0.2) is 30.3 Å². The molecule has 0 saturated heterocycles. The van der Waals surface area contributed by atoms with Gasteiger partial charge in [0.15, 0.2) is 0 Å². The van der Waals surface area contributed by atoms with Crippen LogP contribution in [0.5, 0.6) is 0 Å². The largest absolute Gasteiger partial charge is 0.335 e. The van der Waals surface area contributed by atoms with Crippen molar-refractivity contribution >= 4 is 11.7 Å². The fourth-order valence-electron chi connectivity index (χ4n) is 1.06. The SMILES string of the molecule is CC(C)[C@@H](C)NC(=O)Nc1ccccc1. The average Bonchev–Trinajstić information content (AvgIpc) is 2.18. The Kier molecular flexibility index (Phi) is 4.16. The fraction of sp³-hybridized carbons (Fsp3) is 0.417. The van der Waals surface area contributed by atoms with Gasteiger partial charge in [-0.2, -0.15) is 0 Å². The number of anilines is 1. The number of rotatable bonds is 3. The number of nitrogens with one attached hydrogen (secondary N) is 2. The smallest absolute Gasteiger partial charge is 0.319 e. The minimum absolute atomic E-state index is 0.151. The highest BCUT2D eigenvalue weighted by molar-refractivity contribution is 5.89. The average molecular weight is 206 g/mol. The molecule has 3 nitrogen and oxygen atoms in total. The van der Waals surface area contributed by atoms with Crippen LogP contribution < -0.4 is 10.6 Å². The van der Waals surface area contributed by atoms with Gasteiger partial charge in [-0.05, 0) is 25.0 Å². The molecule has 0 heterocycles. The van der Waals surface area contributed by atoms with Gasteiger partial charge in [0.1, 0.15) is 0 Å². The Morgan fingerprint density at radius 2 is 1.73 bits per heavy atom. The molecule has 0 saturated carbocycles. The van der Waals surface area contributed by atoms with Gasteiger partial charge in [0, 0.05) is 11.7 Å². The summed E-state index contributed by atoms with van der Waals surface area (Å²) in [6.45, 7) is 6.15. The first-order valence-corrected chi connectivity index (χ1v) is 5.22. The Hall–Kier alpha value is -1.51. The number of benzene rings is 1. The number of hydrogen-bond donors (Lipinski definition) is 2. The summed E-state index contributed by atoms with van der Waals surface area (Å²) in [5.74, 6) is 0.437. The van der Waals surface area contributed by atoms with Gasteiger partial charge in [0.2, 0.25) is 0 Å². The van der Waals surface area contributed by atoms with E-state index in [1.165, 1.54) is 0 Å². The predicted octanol–water partition coefficient (Wildman–Crippen LogP) is 2.85. The van der Waals surface area contributed by atoms with Gasteiger partial charge < -0.3 is 10.6 Å². The maximum atomic E-state index is 11.5. The van der Waals surface area contributed by atoms with Crippen molar-refractivity contribution in [1.82, 2.24) is 5.32 Å². The van der Waals surface area contributed by atoms with Gasteiger partial charge in [-0.25, -0.2) is 4.79 Å². The summed E-state index contributed by atoms with van der Waals surface area (Å²) in [7, 11) is 0. The lowest BCUT2D eigenvalue weighted by molar-refractivity contribution is 0.246. The molecule has 0 aliphatic rings. The monoisotopic (exact) mass is 206 g/mol. The van der Waals surface area contributed by atoms with Crippen molar-refractivity contribution < 1.29 is 4.79 Å². The first-order valence-electron chi connectivity index (χ1n) is 5.22. The highest BCUT2D eigenvalue weighted by Crippen LogP contribution is 2.05. The molecular formula is C12H18N2O. The van der Waals surface area contributed by atoms with Crippen LogP contribution in [0.1, 0.15) is 20.8 Å². The molecule has 0 fully saturated rings. The zero-order valence-corrected chi connectivity index (χ0v) is 9.45. The van der Waals surface area contributed by atoms with Crippen molar-refractivity contribution in [2.75, 3.05) is 5.32 Å². The molecule has 1 rings (SSSR count). The molecule has 15 heavy (non-hydrogen) atoms. The van der Waals surface area contributed by atoms with E-state index >= 15 is 0 Å². The number of amides is 2. The predicted molar refractivity (Wildman–Crippen MR) is 62.9 cm³/mol. The Morgan fingerprint density at radius 3 is 2.27 bits per heavy atom. The molecular weight excluding hydrogens is 188 g/mol. The molecule has 2 amide bonds. The van der Waals surface area contributed by atoms with Crippen molar-refractivity contribution in [3.05, 3.63) is 30.3 Å². The number of hydrogen-bond acceptors (Lipinski definition) is 1. The number of carbonyl (C=O) groups excluding carboxylic acids is 1. The fourth-order valence-corrected chi connectivity index (χ4v) is 1.06. The van der Waals surface area contributed by atoms with Gasteiger partial charge in [0.05, 0.1) is 0 Å². The molecule has 3 heteroatoms. The normalized spacial score (nSPS) is 12.3. The second-order valence-corrected chi connectivity index (χ2v) is 4.00. The summed E-state index contributed by atoms with van der Waals surface area (Å²) in [5.41, 5.74) is 0.811. The second kappa shape index (κ2) is 5.39. The lowest BCUT2D eigenvalue weighted by Crippen LogP contribution is -2.38. The third-order valence-electron chi connectivity index (χ3n) is 2.39. The highest BCUT2D eigenvalue weighted by atomic mass is 16.2. The van der Waals surface area contributed by atoms with Crippen molar-refractivity contribution in [3.8, 4) is 0 Å². The van der Waals surface area contributed by atoms with E-state index in [1.807, 2.05) is 37.3 Å². The molecule has 2 N–H and O–H groups in total. The lowest BCUT2D eigenvalue weighted by atomic mass is 10.1. The zero-order chi connectivity index (χ0) is 11.3. The second-order valence-electron chi connectivity index (χ2n) is 4.00. The molecule has 1 aromatic carbocycles. The minimum Gasteiger partial charge on any atom is -0.335 e. The standard InChI is InChI=1S/C12H18N2O/c1-9(2)10(3)13-12(15)14-11-7-5-4-6-8-11/h4-10H,1-3H3,(H2,13,14,15)/t10-/m1/s1. The Bertz CT molecular complexity index is 309. The van der Waals surface area contributed by atoms with E-state index in [0.29, 0.717) is 5.92 Å². The number of urea groups is 1. The quantitative estimate of drug-likeness (QED) is 0.784. The van der Waals surface area contributed by atoms with E-state index < -0.39 is 0 Å². The Morgan fingerprint density at radius 1 is 1.13 bits per heavy atom. The maximum absolute atomic E-state index is 11.5. The van der Waals surface area contributed by atoms with Crippen LogP contribution in [0.2, 0.25) is 0 Å². The van der Waals surface area contributed by atoms with Crippen molar-refractivity contribution in [2.24, 2.45) is 5.92 Å². The molecule has 1 aromatic rings. The molecule has 1 atom stereocenters. The molecule has 0 aromatic heterocycles. The van der Waals surface area contributed by atoms with Gasteiger partial charge in [-0.3, -0.25) is 0 Å². The summed E-state index contributed by atoms with van der Waals surface area (Å²) >= 11 is 0. The van der Waals surface area contributed by atoms with E-state index in [4.69, 9.17) is 0 Å². The molecule has 0 aliphatic carbocycles. The molecule has 0 bridgehead atoms. The minimum atomic E-state index is -0.151. The van der Waals surface area contributed by atoms with Crippen LogP contribution in [0.25, 0.3) is 0 Å². The maximum Gasteiger partial charge on any atom is 0.319 e. The topological polar surface area (TPSA) is 41.1 Å². The van der Waals surface area contributed by atoms with Crippen molar-refractivity contribution in [1.29, 1.82) is 0 Å². The summed E-state index contributed by atoms with van der Waals surface area (Å²) in [4.78, 5) is 11.5. The van der Waals surface area contributed by atoms with Crippen LogP contribution in [-0.4, -0.2) is 12.1 Å². The van der Waals surface area contributed by atoms with Crippen molar-refractivity contribution in [2.45, 2.75) is 26.8 Å². The first-order chi connectivity index (χ1) is 7.09. The van der Waals surface area contributed by atoms with Gasteiger partial charge >= 0.3 is 6.03 Å². The molecule has 0 spiro atoms. The summed E-state index contributed by atoms with van der Waals surface area (Å²) < 4.78 is 0. The van der Waals surface area contributed by atoms with E-state index in [9.17, 15) is 4.79 Å². The highest BCUT2D eigenvalue weighted by Gasteiger charge is 2.09. The van der Waals surface area contributed by atoms with Gasteiger partial charge in [-0.1, -0.05) is 32.0 Å². The lowest BCUT2D eigenvalue weighted by Gasteiger charge is -2.17. The Balaban J connectivity index is 2.43. The van der Waals surface area contributed by atoms with Gasteiger partial charge in [0.25, 0.3) is 0 Å². The summed E-state index contributed by atoms with van der Waals surface area (Å²) in [6.07, 6.45) is 0. The third-order valence-corrected chi connectivity index (χ3v) is 2.39. The number of para-hydroxylation sites is 1. The molecule has 82 valence electrons. The zero-order valence-electron chi connectivity index (χ0n) is 9.45. The van der Waals surface area contributed by atoms with E-state index in [1.54, 1.807) is 0 Å². The van der Waals surface area contributed by atoms with Crippen LogP contribution in [-0.2, 0) is 0 Å². The molecule has 0 unspecified atom stereocenters. The number of carbonyl (C=O) groups is 1.